The molecule has 2 aromatic rings. The second-order valence-electron chi connectivity index (χ2n) is 3.85. The summed E-state index contributed by atoms with van der Waals surface area (Å²) in [4.78, 5) is 4.75. The van der Waals surface area contributed by atoms with Crippen molar-refractivity contribution in [3.05, 3.63) is 47.5 Å². The number of hydrogen-bond acceptors (Lipinski definition) is 2. The van der Waals surface area contributed by atoms with Gasteiger partial charge in [-0.05, 0) is 43.2 Å². The largest absolute Gasteiger partial charge is 0.0877 e. The molecule has 0 atom stereocenters. The standard InChI is InChI=1S/C14H12S2/c1-9-7-10(2)14-13(8-9)15-11-5-3-4-6-12(11)16-14/h3-8H,1-2H3/i4D,7D. The first kappa shape index (κ1) is 8.26. The molecular weight excluding hydrogens is 232 g/mol. The van der Waals surface area contributed by atoms with E-state index < -0.39 is 0 Å². The molecular formula is C14H12S2. The van der Waals surface area contributed by atoms with Gasteiger partial charge in [-0.2, -0.15) is 0 Å². The molecule has 0 aromatic heterocycles. The summed E-state index contributed by atoms with van der Waals surface area (Å²) in [6.07, 6.45) is 0. The Morgan fingerprint density at radius 2 is 1.88 bits per heavy atom. The van der Waals surface area contributed by atoms with Gasteiger partial charge in [-0.15, -0.1) is 0 Å². The number of fused-ring (bicyclic) bond motifs is 2. The van der Waals surface area contributed by atoms with E-state index in [0.29, 0.717) is 12.1 Å². The van der Waals surface area contributed by atoms with Crippen LogP contribution in [0, 0.1) is 13.8 Å². The lowest BCUT2D eigenvalue weighted by atomic mass is 10.2. The molecule has 2 aromatic carbocycles. The second-order valence-corrected chi connectivity index (χ2v) is 5.98. The minimum Gasteiger partial charge on any atom is -0.0877 e. The highest BCUT2D eigenvalue weighted by Gasteiger charge is 2.18. The van der Waals surface area contributed by atoms with Crippen molar-refractivity contribution >= 4 is 23.5 Å². The molecule has 1 heterocycles. The Morgan fingerprint density at radius 3 is 2.75 bits per heavy atom. The van der Waals surface area contributed by atoms with Gasteiger partial charge in [0, 0.05) is 19.6 Å². The molecule has 16 heavy (non-hydrogen) atoms. The smallest absolute Gasteiger partial charge is 0.0629 e. The van der Waals surface area contributed by atoms with Crippen LogP contribution in [-0.4, -0.2) is 0 Å². The van der Waals surface area contributed by atoms with Crippen molar-refractivity contribution in [2.24, 2.45) is 0 Å². The second kappa shape index (κ2) is 3.86. The van der Waals surface area contributed by atoms with Crippen LogP contribution in [-0.2, 0) is 0 Å². The fourth-order valence-corrected chi connectivity index (χ4v) is 4.22. The predicted octanol–water partition coefficient (Wildman–Crippen LogP) is 4.92. The summed E-state index contributed by atoms with van der Waals surface area (Å²) < 4.78 is 15.7. The summed E-state index contributed by atoms with van der Waals surface area (Å²) in [6, 6.07) is 9.01. The van der Waals surface area contributed by atoms with Crippen LogP contribution >= 0.6 is 23.5 Å². The maximum absolute atomic E-state index is 8.05. The van der Waals surface area contributed by atoms with Crippen molar-refractivity contribution in [2.45, 2.75) is 33.4 Å². The molecule has 3 rings (SSSR count). The van der Waals surface area contributed by atoms with Gasteiger partial charge in [-0.25, -0.2) is 0 Å². The van der Waals surface area contributed by atoms with Gasteiger partial charge in [0.25, 0.3) is 0 Å². The van der Waals surface area contributed by atoms with Crippen LogP contribution < -0.4 is 0 Å². The molecule has 0 aliphatic carbocycles. The Morgan fingerprint density at radius 1 is 1.06 bits per heavy atom. The highest BCUT2D eigenvalue weighted by molar-refractivity contribution is 8.05. The van der Waals surface area contributed by atoms with E-state index in [4.69, 9.17) is 2.74 Å². The van der Waals surface area contributed by atoms with Gasteiger partial charge in [0.2, 0.25) is 0 Å². The van der Waals surface area contributed by atoms with E-state index in [-0.39, 0.29) is 0 Å². The lowest BCUT2D eigenvalue weighted by Gasteiger charge is -2.20. The third-order valence-corrected chi connectivity index (χ3v) is 5.18. The molecule has 2 heteroatoms. The zero-order valence-corrected chi connectivity index (χ0v) is 10.8. The predicted molar refractivity (Wildman–Crippen MR) is 70.6 cm³/mol. The van der Waals surface area contributed by atoms with Crippen molar-refractivity contribution < 1.29 is 2.74 Å². The van der Waals surface area contributed by atoms with E-state index in [1.807, 2.05) is 32.0 Å². The summed E-state index contributed by atoms with van der Waals surface area (Å²) in [6.45, 7) is 4.00. The highest BCUT2D eigenvalue weighted by Crippen LogP contribution is 2.49. The first-order valence-corrected chi connectivity index (χ1v) is 6.76. The van der Waals surface area contributed by atoms with Crippen LogP contribution in [0.3, 0.4) is 0 Å². The molecule has 0 spiro atoms. The highest BCUT2D eigenvalue weighted by atomic mass is 32.2. The summed E-state index contributed by atoms with van der Waals surface area (Å²) in [7, 11) is 0. The Kier molecular flexibility index (Phi) is 1.99. The third kappa shape index (κ3) is 1.66. The van der Waals surface area contributed by atoms with Crippen molar-refractivity contribution in [3.63, 3.8) is 0 Å². The normalized spacial score (nSPS) is 14.9. The molecule has 0 radical (unpaired) electrons. The Labute approximate surface area is 107 Å². The van der Waals surface area contributed by atoms with Gasteiger partial charge in [0.05, 0.1) is 2.74 Å². The molecule has 0 bridgehead atoms. The van der Waals surface area contributed by atoms with Crippen molar-refractivity contribution in [1.29, 1.82) is 0 Å². The number of aryl methyl sites for hydroxylation is 1. The lowest BCUT2D eigenvalue weighted by Crippen LogP contribution is -1.92. The van der Waals surface area contributed by atoms with E-state index in [9.17, 15) is 0 Å². The first-order chi connectivity index (χ1) is 8.56. The quantitative estimate of drug-likeness (QED) is 0.552. The number of hydrogen-bond donors (Lipinski definition) is 0. The van der Waals surface area contributed by atoms with Crippen LogP contribution in [0.5, 0.6) is 0 Å². The van der Waals surface area contributed by atoms with Crippen molar-refractivity contribution in [2.75, 3.05) is 0 Å². The van der Waals surface area contributed by atoms with Gasteiger partial charge in [-0.1, -0.05) is 41.7 Å². The van der Waals surface area contributed by atoms with Gasteiger partial charge in [-0.3, -0.25) is 0 Å². The van der Waals surface area contributed by atoms with E-state index in [0.717, 1.165) is 16.0 Å². The van der Waals surface area contributed by atoms with Gasteiger partial charge in [0.15, 0.2) is 0 Å². The SMILES string of the molecule is [2H]c1ccc2c(c1)Sc1c(cc(C)c([2H])c1C)S2. The van der Waals surface area contributed by atoms with Crippen LogP contribution in [0.2, 0.25) is 0 Å². The van der Waals surface area contributed by atoms with E-state index in [1.54, 1.807) is 23.5 Å². The van der Waals surface area contributed by atoms with Crippen LogP contribution in [0.25, 0.3) is 0 Å². The zero-order chi connectivity index (χ0) is 12.9. The zero-order valence-electron chi connectivity index (χ0n) is 11.1. The minimum absolute atomic E-state index is 0.543. The molecule has 1 aliphatic rings. The van der Waals surface area contributed by atoms with Gasteiger partial charge < -0.3 is 0 Å². The maximum atomic E-state index is 8.05. The molecule has 0 N–H and O–H groups in total. The fourth-order valence-electron chi connectivity index (χ4n) is 1.83. The summed E-state index contributed by atoms with van der Waals surface area (Å²) in [5.41, 5.74) is 2.07. The Bertz CT molecular complexity index is 651. The summed E-state index contributed by atoms with van der Waals surface area (Å²) >= 11 is 3.43. The van der Waals surface area contributed by atoms with E-state index in [1.165, 1.54) is 14.7 Å². The monoisotopic (exact) mass is 246 g/mol. The molecule has 0 unspecified atom stereocenters. The molecule has 0 amide bonds. The van der Waals surface area contributed by atoms with Crippen molar-refractivity contribution in [3.8, 4) is 0 Å². The maximum Gasteiger partial charge on any atom is 0.0629 e. The third-order valence-electron chi connectivity index (χ3n) is 2.52. The van der Waals surface area contributed by atoms with E-state index >= 15 is 0 Å². The Hall–Kier alpha value is -0.860. The fraction of sp³-hybridized carbons (Fsp3) is 0.143. The first-order valence-electron chi connectivity index (χ1n) is 6.13. The average Bonchev–Trinajstić information content (AvgIpc) is 2.35. The topological polar surface area (TPSA) is 0 Å². The molecule has 0 saturated heterocycles. The number of benzene rings is 2. The summed E-state index contributed by atoms with van der Waals surface area (Å²) in [5.74, 6) is 0. The lowest BCUT2D eigenvalue weighted by molar-refractivity contribution is 1.10. The molecule has 80 valence electrons. The van der Waals surface area contributed by atoms with Crippen molar-refractivity contribution in [1.82, 2.24) is 0 Å². The van der Waals surface area contributed by atoms with Crippen LogP contribution in [0.1, 0.15) is 13.9 Å². The average molecular weight is 246 g/mol. The molecule has 0 saturated carbocycles. The minimum atomic E-state index is 0.543. The van der Waals surface area contributed by atoms with Gasteiger partial charge >= 0.3 is 0 Å². The molecule has 0 fully saturated rings. The van der Waals surface area contributed by atoms with Crippen LogP contribution in [0.4, 0.5) is 0 Å². The molecule has 1 aliphatic heterocycles. The van der Waals surface area contributed by atoms with E-state index in [2.05, 4.69) is 6.07 Å². The molecule has 0 nitrogen and oxygen atoms in total. The van der Waals surface area contributed by atoms with Gasteiger partial charge in [0.1, 0.15) is 0 Å². The van der Waals surface area contributed by atoms with Crippen LogP contribution in [0.15, 0.2) is 55.9 Å². The number of rotatable bonds is 0. The summed E-state index contributed by atoms with van der Waals surface area (Å²) in [5, 5.41) is 0. The Balaban J connectivity index is 2.17.